The molecule has 0 amide bonds. The molecule has 0 aliphatic rings. The summed E-state index contributed by atoms with van der Waals surface area (Å²) in [4.78, 5) is 10.2. The maximum atomic E-state index is 10.2. The quantitative estimate of drug-likeness (QED) is 0.240. The molecule has 0 atom stereocenters. The van der Waals surface area contributed by atoms with Crippen molar-refractivity contribution in [2.24, 2.45) is 0 Å². The summed E-state index contributed by atoms with van der Waals surface area (Å²) in [6, 6.07) is 1.69. The van der Waals surface area contributed by atoms with Gasteiger partial charge in [0.1, 0.15) is 6.61 Å². The lowest BCUT2D eigenvalue weighted by molar-refractivity contribution is -0.136. The molecule has 0 aromatic carbocycles. The molecule has 0 fully saturated rings. The van der Waals surface area contributed by atoms with Crippen LogP contribution in [0.3, 0.4) is 0 Å². The van der Waals surface area contributed by atoms with E-state index >= 15 is 0 Å². The fourth-order valence-electron chi connectivity index (χ4n) is 0.200. The number of hydrogen-bond donors (Lipinski definition) is 0. The number of nitrogens with zero attached hydrogens (tertiary/aromatic N) is 1. The van der Waals surface area contributed by atoms with Gasteiger partial charge in [0.15, 0.2) is 0 Å². The topological polar surface area (TPSA) is 50.1 Å². The van der Waals surface area contributed by atoms with Gasteiger partial charge in [-0.25, -0.2) is 4.79 Å². The van der Waals surface area contributed by atoms with Gasteiger partial charge in [-0.1, -0.05) is 51.1 Å². The molecule has 3 heteroatoms. The van der Waals surface area contributed by atoms with Crippen molar-refractivity contribution in [3.05, 3.63) is 63.3 Å². The Kier molecular flexibility index (Phi) is 27.6. The van der Waals surface area contributed by atoms with Crippen LogP contribution in [0.15, 0.2) is 63.3 Å². The van der Waals surface area contributed by atoms with E-state index in [9.17, 15) is 4.79 Å². The minimum atomic E-state index is -0.412. The predicted molar refractivity (Wildman–Crippen MR) is 67.6 cm³/mol. The number of ether oxygens (including phenoxy) is 1. The number of allylic oxidation sites excluding steroid dienone is 3. The first kappa shape index (κ1) is 19.3. The van der Waals surface area contributed by atoms with Crippen LogP contribution >= 0.6 is 0 Å². The van der Waals surface area contributed by atoms with Crippen molar-refractivity contribution in [1.29, 1.82) is 5.26 Å². The lowest BCUT2D eigenvalue weighted by Crippen LogP contribution is -1.98. The smallest absolute Gasteiger partial charge is 0.330 e. The van der Waals surface area contributed by atoms with Crippen LogP contribution in [0.1, 0.15) is 0 Å². The Morgan fingerprint density at radius 2 is 1.62 bits per heavy atom. The second-order valence-corrected chi connectivity index (χ2v) is 1.93. The van der Waals surface area contributed by atoms with E-state index in [1.54, 1.807) is 18.2 Å². The van der Waals surface area contributed by atoms with Gasteiger partial charge in [-0.2, -0.15) is 5.26 Å². The minimum Gasteiger partial charge on any atom is -0.458 e. The zero-order valence-electron chi connectivity index (χ0n) is 9.39. The molecule has 3 nitrogen and oxygen atoms in total. The van der Waals surface area contributed by atoms with E-state index < -0.39 is 5.97 Å². The Labute approximate surface area is 97.3 Å². The molecule has 0 aliphatic heterocycles. The highest BCUT2D eigenvalue weighted by atomic mass is 16.5. The molecule has 0 saturated carbocycles. The molecular formula is C13H17NO2. The van der Waals surface area contributed by atoms with E-state index in [0.29, 0.717) is 0 Å². The molecule has 0 rings (SSSR count). The first-order valence-electron chi connectivity index (χ1n) is 4.28. The minimum absolute atomic E-state index is 0.255. The van der Waals surface area contributed by atoms with Gasteiger partial charge < -0.3 is 4.74 Å². The van der Waals surface area contributed by atoms with Gasteiger partial charge in [-0.15, -0.1) is 0 Å². The molecule has 0 heterocycles. The largest absolute Gasteiger partial charge is 0.458 e. The number of rotatable bonds is 4. The van der Waals surface area contributed by atoms with E-state index in [1.807, 2.05) is 0 Å². The first-order valence-corrected chi connectivity index (χ1v) is 4.28. The average Bonchev–Trinajstić information content (AvgIpc) is 2.36. The highest BCUT2D eigenvalue weighted by molar-refractivity contribution is 5.81. The number of hydrogen-bond acceptors (Lipinski definition) is 3. The Bertz CT molecular complexity index is 266. The summed E-state index contributed by atoms with van der Waals surface area (Å²) in [6.07, 6.45) is 7.07. The van der Waals surface area contributed by atoms with Crippen molar-refractivity contribution in [2.75, 3.05) is 6.61 Å². The Morgan fingerprint density at radius 1 is 1.19 bits per heavy atom. The van der Waals surface area contributed by atoms with Crippen molar-refractivity contribution in [2.45, 2.75) is 0 Å². The zero-order chi connectivity index (χ0) is 13.2. The average molecular weight is 219 g/mol. The molecule has 0 aromatic rings. The second kappa shape index (κ2) is 23.0. The molecule has 16 heavy (non-hydrogen) atoms. The summed E-state index contributed by atoms with van der Waals surface area (Å²) in [5, 5.41) is 7.51. The maximum absolute atomic E-state index is 10.2. The van der Waals surface area contributed by atoms with E-state index in [-0.39, 0.29) is 6.61 Å². The monoisotopic (exact) mass is 219 g/mol. The van der Waals surface area contributed by atoms with E-state index in [4.69, 9.17) is 5.26 Å². The summed E-state index contributed by atoms with van der Waals surface area (Å²) in [5.41, 5.74) is 0. The summed E-state index contributed by atoms with van der Waals surface area (Å²) in [7, 11) is 0. The number of nitriles is 1. The third kappa shape index (κ3) is 41.4. The van der Waals surface area contributed by atoms with Crippen molar-refractivity contribution >= 4 is 5.97 Å². The van der Waals surface area contributed by atoms with Crippen molar-refractivity contribution in [3.8, 4) is 6.07 Å². The SMILES string of the molecule is C=CC#N.C=CC=C.C=CCOC(=O)C=C. The van der Waals surface area contributed by atoms with Crippen LogP contribution in [0, 0.1) is 11.3 Å². The van der Waals surface area contributed by atoms with E-state index in [2.05, 4.69) is 37.6 Å². The lowest BCUT2D eigenvalue weighted by atomic mass is 10.6. The molecule has 0 aromatic heterocycles. The summed E-state index contributed by atoms with van der Waals surface area (Å²) < 4.78 is 4.47. The Morgan fingerprint density at radius 3 is 1.81 bits per heavy atom. The van der Waals surface area contributed by atoms with E-state index in [0.717, 1.165) is 6.08 Å². The van der Waals surface area contributed by atoms with Crippen LogP contribution in [-0.4, -0.2) is 12.6 Å². The summed E-state index contributed by atoms with van der Waals surface area (Å²) >= 11 is 0. The Hall–Kier alpha value is -2.34. The third-order valence-electron chi connectivity index (χ3n) is 0.768. The summed E-state index contributed by atoms with van der Waals surface area (Å²) in [5.74, 6) is -0.412. The fourth-order valence-corrected chi connectivity index (χ4v) is 0.200. The van der Waals surface area contributed by atoms with E-state index in [1.165, 1.54) is 12.2 Å². The molecular weight excluding hydrogens is 202 g/mol. The molecule has 0 aliphatic carbocycles. The number of esters is 1. The van der Waals surface area contributed by atoms with Gasteiger partial charge in [0, 0.05) is 12.2 Å². The molecule has 0 radical (unpaired) electrons. The van der Waals surface area contributed by atoms with Gasteiger partial charge in [0.2, 0.25) is 0 Å². The highest BCUT2D eigenvalue weighted by Gasteiger charge is 1.87. The van der Waals surface area contributed by atoms with Crippen LogP contribution < -0.4 is 0 Å². The normalized spacial score (nSPS) is 5.94. The lowest BCUT2D eigenvalue weighted by Gasteiger charge is -1.92. The predicted octanol–water partition coefficient (Wildman–Crippen LogP) is 2.96. The third-order valence-corrected chi connectivity index (χ3v) is 0.768. The van der Waals surface area contributed by atoms with Crippen LogP contribution in [0.2, 0.25) is 0 Å². The second-order valence-electron chi connectivity index (χ2n) is 1.93. The molecule has 0 spiro atoms. The highest BCUT2D eigenvalue weighted by Crippen LogP contribution is 1.77. The molecule has 0 saturated heterocycles. The van der Waals surface area contributed by atoms with Gasteiger partial charge in [0.05, 0.1) is 6.07 Å². The van der Waals surface area contributed by atoms with Gasteiger partial charge in [-0.05, 0) is 0 Å². The van der Waals surface area contributed by atoms with Crippen LogP contribution in [0.25, 0.3) is 0 Å². The fraction of sp³-hybridized carbons (Fsp3) is 0.0769. The van der Waals surface area contributed by atoms with Crippen molar-refractivity contribution in [1.82, 2.24) is 0 Å². The number of carbonyl (C=O) groups excluding carboxylic acids is 1. The van der Waals surface area contributed by atoms with Crippen molar-refractivity contribution in [3.63, 3.8) is 0 Å². The van der Waals surface area contributed by atoms with Gasteiger partial charge in [0.25, 0.3) is 0 Å². The maximum Gasteiger partial charge on any atom is 0.330 e. The Balaban J connectivity index is -0.000000179. The standard InChI is InChI=1S/C6H8O2.C4H6.C3H3N/c1-3-5-8-6(7)4-2;1-3-4-2;1-2-3-4/h3-4H,1-2,5H2;3-4H,1-2H2;2H,1H2. The summed E-state index contributed by atoms with van der Waals surface area (Å²) in [6.45, 7) is 16.7. The van der Waals surface area contributed by atoms with Gasteiger partial charge >= 0.3 is 5.97 Å². The van der Waals surface area contributed by atoms with Crippen molar-refractivity contribution < 1.29 is 9.53 Å². The molecule has 86 valence electrons. The first-order chi connectivity index (χ1) is 7.64. The zero-order valence-corrected chi connectivity index (χ0v) is 9.39. The van der Waals surface area contributed by atoms with Crippen LogP contribution in [-0.2, 0) is 9.53 Å². The molecule has 0 unspecified atom stereocenters. The molecule has 0 N–H and O–H groups in total. The van der Waals surface area contributed by atoms with Crippen LogP contribution in [0.4, 0.5) is 0 Å². The van der Waals surface area contributed by atoms with Crippen LogP contribution in [0.5, 0.6) is 0 Å². The number of carbonyl (C=O) groups is 1. The molecule has 0 bridgehead atoms. The van der Waals surface area contributed by atoms with Gasteiger partial charge in [-0.3, -0.25) is 0 Å².